The van der Waals surface area contributed by atoms with E-state index in [1.807, 2.05) is 6.33 Å². The summed E-state index contributed by atoms with van der Waals surface area (Å²) in [5.74, 6) is 1.83. The number of aryl methyl sites for hydroxylation is 1. The van der Waals surface area contributed by atoms with Gasteiger partial charge in [0.05, 0.1) is 17.1 Å². The quantitative estimate of drug-likeness (QED) is 0.157. The van der Waals surface area contributed by atoms with Gasteiger partial charge in [-0.15, -0.1) is 0 Å². The van der Waals surface area contributed by atoms with Crippen LogP contribution < -0.4 is 13.9 Å². The summed E-state index contributed by atoms with van der Waals surface area (Å²) in [7, 11) is 2.10. The number of fused-ring (bicyclic) bond motifs is 12. The van der Waals surface area contributed by atoms with Gasteiger partial charge in [0.1, 0.15) is 33.7 Å². The molecule has 1 spiro atoms. The molecule has 5 aromatic carbocycles. The zero-order valence-corrected chi connectivity index (χ0v) is 23.4. The fourth-order valence-electron chi connectivity index (χ4n) is 9.40. The van der Waals surface area contributed by atoms with Crippen LogP contribution in [-0.2, 0) is 12.7 Å². The Morgan fingerprint density at radius 3 is 1.95 bits per heavy atom. The minimum Gasteiger partial charge on any atom is -0.456 e. The minimum absolute atomic E-state index is 0.690. The van der Waals surface area contributed by atoms with Gasteiger partial charge in [0.15, 0.2) is 22.1 Å². The van der Waals surface area contributed by atoms with E-state index in [4.69, 9.17) is 9.72 Å². The highest BCUT2D eigenvalue weighted by Crippen LogP contribution is 2.58. The Bertz CT molecular complexity index is 3100. The molecule has 44 heavy (non-hydrogen) atoms. The number of imidazole rings is 3. The largest absolute Gasteiger partial charge is 0.456 e. The molecule has 202 valence electrons. The van der Waals surface area contributed by atoms with Crippen LogP contribution in [0.3, 0.4) is 0 Å². The standard InChI is InChI=1S/C37H20N6O/c1-39-18-38-34-33(39)21-15-17-28-32-30(21)36-41(34)24-11-5-7-13-26(24)43(36)37(32)31-27(44-28)16-14-20-19-8-2-3-9-22(19)40-23-10-4-6-12-25(23)42(37)35(40)29(20)31/h2-18H,1H3/q+2. The first-order valence-electron chi connectivity index (χ1n) is 15.1. The van der Waals surface area contributed by atoms with Crippen molar-refractivity contribution in [1.82, 2.24) is 18.4 Å². The molecule has 0 aliphatic carbocycles. The Morgan fingerprint density at radius 2 is 1.20 bits per heavy atom. The molecule has 0 saturated carbocycles. The molecule has 1 atom stereocenters. The van der Waals surface area contributed by atoms with Crippen molar-refractivity contribution in [3.05, 3.63) is 115 Å². The summed E-state index contributed by atoms with van der Waals surface area (Å²) in [6.45, 7) is 0. The first kappa shape index (κ1) is 20.9. The molecule has 7 heteroatoms. The van der Waals surface area contributed by atoms with Crippen LogP contribution in [0.1, 0.15) is 11.1 Å². The fraction of sp³-hybridized carbons (Fsp3) is 0.0541. The van der Waals surface area contributed by atoms with Crippen LogP contribution in [0.25, 0.3) is 77.0 Å². The molecule has 8 heterocycles. The van der Waals surface area contributed by atoms with E-state index in [9.17, 15) is 0 Å². The zero-order chi connectivity index (χ0) is 28.2. The summed E-state index contributed by atoms with van der Waals surface area (Å²) < 4.78 is 19.2. The van der Waals surface area contributed by atoms with Gasteiger partial charge < -0.3 is 9.30 Å². The smallest absolute Gasteiger partial charge is 0.316 e. The number of pyridine rings is 2. The van der Waals surface area contributed by atoms with Crippen LogP contribution in [0.4, 0.5) is 0 Å². The predicted octanol–water partition coefficient (Wildman–Crippen LogP) is 6.45. The molecular weight excluding hydrogens is 544 g/mol. The molecular formula is C37H20N6O+2. The van der Waals surface area contributed by atoms with Crippen LogP contribution in [0, 0.1) is 0 Å². The fourth-order valence-corrected chi connectivity index (χ4v) is 9.40. The Hall–Kier alpha value is -5.95. The maximum Gasteiger partial charge on any atom is 0.316 e. The third kappa shape index (κ3) is 1.77. The summed E-state index contributed by atoms with van der Waals surface area (Å²) >= 11 is 0. The summed E-state index contributed by atoms with van der Waals surface area (Å²) in [5, 5.41) is 6.18. The molecule has 13 rings (SSSR count). The number of ether oxygens (including phenoxy) is 1. The number of para-hydroxylation sites is 5. The van der Waals surface area contributed by atoms with E-state index in [1.165, 1.54) is 65.8 Å². The van der Waals surface area contributed by atoms with Crippen LogP contribution in [-0.4, -0.2) is 18.4 Å². The van der Waals surface area contributed by atoms with E-state index in [1.54, 1.807) is 0 Å². The summed E-state index contributed by atoms with van der Waals surface area (Å²) in [5.41, 5.74) is 12.1. The van der Waals surface area contributed by atoms with Crippen molar-refractivity contribution in [2.24, 2.45) is 7.05 Å². The normalized spacial score (nSPS) is 17.5. The Morgan fingerprint density at radius 1 is 0.614 bits per heavy atom. The zero-order valence-electron chi connectivity index (χ0n) is 23.4. The molecule has 5 aromatic heterocycles. The van der Waals surface area contributed by atoms with Crippen LogP contribution in [0.15, 0.2) is 103 Å². The molecule has 3 aliphatic rings. The lowest BCUT2D eigenvalue weighted by molar-refractivity contribution is -0.923. The second-order valence-corrected chi connectivity index (χ2v) is 12.5. The van der Waals surface area contributed by atoms with Crippen LogP contribution >= 0.6 is 0 Å². The van der Waals surface area contributed by atoms with E-state index < -0.39 is 5.66 Å². The second-order valence-electron chi connectivity index (χ2n) is 12.5. The minimum atomic E-state index is -0.690. The lowest BCUT2D eigenvalue weighted by Crippen LogP contribution is -2.71. The second kappa shape index (κ2) is 6.21. The highest BCUT2D eigenvalue weighted by Gasteiger charge is 2.67. The van der Waals surface area contributed by atoms with Crippen LogP contribution in [0.2, 0.25) is 0 Å². The van der Waals surface area contributed by atoms with Gasteiger partial charge in [0.25, 0.3) is 5.65 Å². The van der Waals surface area contributed by atoms with Gasteiger partial charge in [-0.1, -0.05) is 42.5 Å². The van der Waals surface area contributed by atoms with Gasteiger partial charge in [0, 0.05) is 23.2 Å². The number of rotatable bonds is 0. The Kier molecular flexibility index (Phi) is 2.94. The molecule has 7 nitrogen and oxygen atoms in total. The maximum absolute atomic E-state index is 6.94. The molecule has 0 saturated heterocycles. The molecule has 1 unspecified atom stereocenters. The SMILES string of the molecule is Cn1cnc2c1c1ccc3c4c1c1n2c2ccccc2[n+]1C41c2c(ccc4c5ccccc5n5c6ccccc6[n+]1c5c24)O3. The highest BCUT2D eigenvalue weighted by molar-refractivity contribution is 6.18. The molecule has 0 N–H and O–H groups in total. The van der Waals surface area contributed by atoms with Crippen molar-refractivity contribution in [3.8, 4) is 11.5 Å². The monoisotopic (exact) mass is 564 g/mol. The Balaban J connectivity index is 1.45. The van der Waals surface area contributed by atoms with Crippen molar-refractivity contribution in [2.45, 2.75) is 5.66 Å². The van der Waals surface area contributed by atoms with E-state index in [-0.39, 0.29) is 0 Å². The summed E-state index contributed by atoms with van der Waals surface area (Å²) in [6, 6.07) is 35.4. The van der Waals surface area contributed by atoms with Crippen molar-refractivity contribution in [3.63, 3.8) is 0 Å². The van der Waals surface area contributed by atoms with E-state index >= 15 is 0 Å². The highest BCUT2D eigenvalue weighted by atomic mass is 16.5. The number of aromatic nitrogens is 6. The predicted molar refractivity (Wildman–Crippen MR) is 169 cm³/mol. The molecule has 0 radical (unpaired) electrons. The summed E-state index contributed by atoms with van der Waals surface area (Å²) in [6.07, 6.45) is 1.94. The first-order valence-corrected chi connectivity index (χ1v) is 15.1. The third-order valence-electron chi connectivity index (χ3n) is 10.7. The van der Waals surface area contributed by atoms with E-state index in [0.717, 1.165) is 33.8 Å². The average molecular weight is 565 g/mol. The lowest BCUT2D eigenvalue weighted by atomic mass is 9.85. The van der Waals surface area contributed by atoms with Gasteiger partial charge in [-0.05, 0) is 54.6 Å². The molecule has 10 aromatic rings. The average Bonchev–Trinajstić information content (AvgIpc) is 3.85. The molecule has 3 aliphatic heterocycles. The number of nitrogens with zero attached hydrogens (tertiary/aromatic N) is 6. The number of benzene rings is 5. The number of hydrogen-bond donors (Lipinski definition) is 0. The molecule has 0 bridgehead atoms. The lowest BCUT2D eigenvalue weighted by Gasteiger charge is -2.31. The maximum atomic E-state index is 6.94. The van der Waals surface area contributed by atoms with Crippen molar-refractivity contribution in [1.29, 1.82) is 0 Å². The van der Waals surface area contributed by atoms with Gasteiger partial charge >= 0.3 is 17.0 Å². The van der Waals surface area contributed by atoms with Gasteiger partial charge in [-0.2, -0.15) is 22.9 Å². The third-order valence-corrected chi connectivity index (χ3v) is 10.7. The molecule has 0 amide bonds. The van der Waals surface area contributed by atoms with Crippen LogP contribution in [0.5, 0.6) is 11.5 Å². The van der Waals surface area contributed by atoms with Gasteiger partial charge in [-0.25, -0.2) is 0 Å². The van der Waals surface area contributed by atoms with Crippen molar-refractivity contribution >= 4 is 77.0 Å². The van der Waals surface area contributed by atoms with E-state index in [2.05, 4.69) is 127 Å². The Labute approximate surface area is 247 Å². The first-order chi connectivity index (χ1) is 21.8. The van der Waals surface area contributed by atoms with Crippen molar-refractivity contribution < 1.29 is 13.9 Å². The van der Waals surface area contributed by atoms with Gasteiger partial charge in [-0.3, -0.25) is 0 Å². The van der Waals surface area contributed by atoms with E-state index in [0.29, 0.717) is 0 Å². The summed E-state index contributed by atoms with van der Waals surface area (Å²) in [4.78, 5) is 5.00. The number of hydrogen-bond acceptors (Lipinski definition) is 2. The van der Waals surface area contributed by atoms with Gasteiger partial charge in [0.2, 0.25) is 0 Å². The van der Waals surface area contributed by atoms with Crippen molar-refractivity contribution in [2.75, 3.05) is 0 Å². The topological polar surface area (TPSA) is 43.6 Å². The molecule has 0 fully saturated rings.